The van der Waals surface area contributed by atoms with Crippen molar-refractivity contribution < 1.29 is 14.4 Å². The summed E-state index contributed by atoms with van der Waals surface area (Å²) < 4.78 is 1.98. The number of hydrogen-bond acceptors (Lipinski definition) is 6. The van der Waals surface area contributed by atoms with Crippen LogP contribution < -0.4 is 4.90 Å². The van der Waals surface area contributed by atoms with Crippen molar-refractivity contribution in [2.45, 2.75) is 39.8 Å². The van der Waals surface area contributed by atoms with Gasteiger partial charge in [-0.25, -0.2) is 4.98 Å². The number of carbonyl (C=O) groups excluding carboxylic acids is 3. The molecule has 0 fully saturated rings. The van der Waals surface area contributed by atoms with Crippen LogP contribution in [0.1, 0.15) is 48.3 Å². The van der Waals surface area contributed by atoms with Gasteiger partial charge in [-0.15, -0.1) is 10.2 Å². The van der Waals surface area contributed by atoms with E-state index < -0.39 is 0 Å². The number of aromatic nitrogens is 4. The smallest absolute Gasteiger partial charge is 0.310 e. The van der Waals surface area contributed by atoms with E-state index in [2.05, 4.69) is 67.4 Å². The van der Waals surface area contributed by atoms with Gasteiger partial charge in [-0.3, -0.25) is 9.69 Å². The second kappa shape index (κ2) is 10.2. The first-order valence-electron chi connectivity index (χ1n) is 11.4. The molecule has 8 heteroatoms. The third kappa shape index (κ3) is 4.78. The highest BCUT2D eigenvalue weighted by Crippen LogP contribution is 2.32. The first-order valence-corrected chi connectivity index (χ1v) is 11.4. The van der Waals surface area contributed by atoms with E-state index in [4.69, 9.17) is 14.6 Å². The van der Waals surface area contributed by atoms with Gasteiger partial charge in [-0.2, -0.15) is 9.59 Å². The summed E-state index contributed by atoms with van der Waals surface area (Å²) in [6.45, 7) is 6.81. The summed E-state index contributed by atoms with van der Waals surface area (Å²) >= 11 is 0. The lowest BCUT2D eigenvalue weighted by molar-refractivity contribution is -0.191. The molecule has 8 nitrogen and oxygen atoms in total. The summed E-state index contributed by atoms with van der Waals surface area (Å²) in [5.41, 5.74) is 5.93. The molecular formula is C27H25N5O3. The average Bonchev–Trinajstić information content (AvgIpc) is 3.50. The van der Waals surface area contributed by atoms with Crippen LogP contribution in [0.25, 0.3) is 22.6 Å². The highest BCUT2D eigenvalue weighted by Gasteiger charge is 2.30. The Hall–Kier alpha value is -4.42. The molecule has 0 radical (unpaired) electrons. The maximum atomic E-state index is 13.3. The normalized spacial score (nSPS) is 12.2. The molecule has 3 heterocycles. The Morgan fingerprint density at radius 2 is 1.74 bits per heavy atom. The largest absolute Gasteiger partial charge is 0.373 e. The van der Waals surface area contributed by atoms with Gasteiger partial charge in [0.1, 0.15) is 17.8 Å². The summed E-state index contributed by atoms with van der Waals surface area (Å²) in [7, 11) is 0. The number of fused-ring (bicyclic) bond motifs is 1. The molecule has 1 aliphatic heterocycles. The standard InChI is InChI=1S/C26H25N5O.CO2/c1-4-18-7-5-8-19(13-18)20-11-12-21-15-30(26(32)22(21)14-20)24-10-6-9-23(28-24)25-29-27-16-31(25)17(2)3;2-1-3/h5-14,16-17H,4,15H2,1-3H3;. The number of pyridine rings is 1. The van der Waals surface area contributed by atoms with Gasteiger partial charge >= 0.3 is 6.15 Å². The Morgan fingerprint density at radius 1 is 1.00 bits per heavy atom. The number of carbonyl (C=O) groups is 1. The molecule has 35 heavy (non-hydrogen) atoms. The zero-order valence-corrected chi connectivity index (χ0v) is 19.8. The van der Waals surface area contributed by atoms with E-state index in [1.165, 1.54) is 5.56 Å². The van der Waals surface area contributed by atoms with Crippen LogP contribution in [0, 0.1) is 0 Å². The number of benzene rings is 2. The van der Waals surface area contributed by atoms with Gasteiger partial charge in [0.2, 0.25) is 0 Å². The highest BCUT2D eigenvalue weighted by atomic mass is 16.2. The van der Waals surface area contributed by atoms with Crippen LogP contribution in [0.15, 0.2) is 67.0 Å². The molecule has 0 spiro atoms. The van der Waals surface area contributed by atoms with E-state index >= 15 is 0 Å². The van der Waals surface area contributed by atoms with E-state index in [9.17, 15) is 4.79 Å². The van der Waals surface area contributed by atoms with E-state index in [0.717, 1.165) is 28.7 Å². The van der Waals surface area contributed by atoms with Crippen molar-refractivity contribution in [2.75, 3.05) is 4.90 Å². The van der Waals surface area contributed by atoms with E-state index in [-0.39, 0.29) is 18.1 Å². The Morgan fingerprint density at radius 3 is 2.49 bits per heavy atom. The van der Waals surface area contributed by atoms with Gasteiger partial charge in [0.15, 0.2) is 5.82 Å². The molecule has 0 saturated carbocycles. The number of hydrogen-bond donors (Lipinski definition) is 0. The van der Waals surface area contributed by atoms with Crippen molar-refractivity contribution in [1.29, 1.82) is 0 Å². The summed E-state index contributed by atoms with van der Waals surface area (Å²) in [5.74, 6) is 1.30. The molecule has 0 aliphatic carbocycles. The van der Waals surface area contributed by atoms with Crippen LogP contribution in [-0.4, -0.2) is 31.8 Å². The van der Waals surface area contributed by atoms with Gasteiger partial charge in [0.05, 0.1) is 6.54 Å². The monoisotopic (exact) mass is 467 g/mol. The van der Waals surface area contributed by atoms with Gasteiger partial charge in [-0.1, -0.05) is 49.4 Å². The number of amides is 1. The first-order chi connectivity index (χ1) is 17.0. The highest BCUT2D eigenvalue weighted by molar-refractivity contribution is 6.10. The fourth-order valence-corrected chi connectivity index (χ4v) is 4.14. The summed E-state index contributed by atoms with van der Waals surface area (Å²) in [5, 5.41) is 8.28. The molecule has 0 N–H and O–H groups in total. The van der Waals surface area contributed by atoms with Gasteiger partial charge in [-0.05, 0) is 60.7 Å². The Labute approximate surface area is 203 Å². The van der Waals surface area contributed by atoms with Crippen LogP contribution in [0.4, 0.5) is 5.82 Å². The Bertz CT molecular complexity index is 1400. The number of anilines is 1. The number of aryl methyl sites for hydroxylation is 1. The van der Waals surface area contributed by atoms with Crippen LogP contribution in [0.3, 0.4) is 0 Å². The summed E-state index contributed by atoms with van der Waals surface area (Å²) in [6, 6.07) is 20.5. The first kappa shape index (κ1) is 23.7. The fraction of sp³-hybridized carbons (Fsp3) is 0.222. The zero-order valence-electron chi connectivity index (χ0n) is 19.8. The molecule has 5 rings (SSSR count). The quantitative estimate of drug-likeness (QED) is 0.421. The predicted octanol–water partition coefficient (Wildman–Crippen LogP) is 4.73. The van der Waals surface area contributed by atoms with E-state index in [0.29, 0.717) is 23.9 Å². The lowest BCUT2D eigenvalue weighted by atomic mass is 9.98. The van der Waals surface area contributed by atoms with Crippen molar-refractivity contribution in [3.8, 4) is 22.6 Å². The molecule has 2 aromatic carbocycles. The van der Waals surface area contributed by atoms with Crippen LogP contribution in [0.5, 0.6) is 0 Å². The van der Waals surface area contributed by atoms with Gasteiger partial charge in [0, 0.05) is 11.6 Å². The maximum absolute atomic E-state index is 13.3. The molecule has 1 aliphatic rings. The van der Waals surface area contributed by atoms with Crippen molar-refractivity contribution >= 4 is 17.9 Å². The molecule has 0 bridgehead atoms. The molecule has 176 valence electrons. The van der Waals surface area contributed by atoms with Crippen molar-refractivity contribution in [3.05, 3.63) is 83.7 Å². The zero-order chi connectivity index (χ0) is 24.9. The second-order valence-corrected chi connectivity index (χ2v) is 8.44. The van der Waals surface area contributed by atoms with Gasteiger partial charge in [0.25, 0.3) is 5.91 Å². The molecule has 2 aromatic heterocycles. The van der Waals surface area contributed by atoms with E-state index in [1.807, 2.05) is 28.8 Å². The molecule has 0 unspecified atom stereocenters. The second-order valence-electron chi connectivity index (χ2n) is 8.44. The number of nitrogens with zero attached hydrogens (tertiary/aromatic N) is 5. The third-order valence-electron chi connectivity index (χ3n) is 5.95. The van der Waals surface area contributed by atoms with E-state index in [1.54, 1.807) is 11.2 Å². The lowest BCUT2D eigenvalue weighted by Crippen LogP contribution is -2.24. The summed E-state index contributed by atoms with van der Waals surface area (Å²) in [6.07, 6.45) is 2.94. The Balaban J connectivity index is 0.000000917. The molecular weight excluding hydrogens is 442 g/mol. The van der Waals surface area contributed by atoms with Crippen molar-refractivity contribution in [1.82, 2.24) is 19.7 Å². The summed E-state index contributed by atoms with van der Waals surface area (Å²) in [4.78, 5) is 36.1. The van der Waals surface area contributed by atoms with Crippen molar-refractivity contribution in [3.63, 3.8) is 0 Å². The predicted molar refractivity (Wildman–Crippen MR) is 130 cm³/mol. The minimum atomic E-state index is -0.0246. The SMILES string of the molecule is CCc1cccc(-c2ccc3c(c2)C(=O)N(c2cccc(-c4nncn4C(C)C)n2)C3)c1.O=C=O. The van der Waals surface area contributed by atoms with Crippen LogP contribution >= 0.6 is 0 Å². The maximum Gasteiger partial charge on any atom is 0.373 e. The van der Waals surface area contributed by atoms with Crippen LogP contribution in [0.2, 0.25) is 0 Å². The Kier molecular flexibility index (Phi) is 6.94. The lowest BCUT2D eigenvalue weighted by Gasteiger charge is -2.16. The van der Waals surface area contributed by atoms with Crippen molar-refractivity contribution in [2.24, 2.45) is 0 Å². The van der Waals surface area contributed by atoms with Crippen LogP contribution in [-0.2, 0) is 22.6 Å². The molecule has 0 saturated heterocycles. The fourth-order valence-electron chi connectivity index (χ4n) is 4.14. The minimum Gasteiger partial charge on any atom is -0.310 e. The molecule has 0 atom stereocenters. The topological polar surface area (TPSA) is 98.1 Å². The third-order valence-corrected chi connectivity index (χ3v) is 5.95. The molecule has 4 aromatic rings. The minimum absolute atomic E-state index is 0.0246. The van der Waals surface area contributed by atoms with Gasteiger partial charge < -0.3 is 4.57 Å². The molecule has 1 amide bonds. The number of rotatable bonds is 5. The average molecular weight is 468 g/mol.